The van der Waals surface area contributed by atoms with Crippen molar-refractivity contribution in [2.45, 2.75) is 19.4 Å². The number of nitrogens with zero attached hydrogens (tertiary/aromatic N) is 3. The number of non-ortho nitro benzene ring substituents is 1. The molecule has 5 rings (SSSR count). The molecule has 1 saturated heterocycles. The molecule has 0 aliphatic carbocycles. The minimum absolute atomic E-state index is 0.105. The molecule has 0 atom stereocenters. The second kappa shape index (κ2) is 8.64. The first-order chi connectivity index (χ1) is 15.5. The van der Waals surface area contributed by atoms with Crippen LogP contribution in [-0.4, -0.2) is 27.9 Å². The van der Waals surface area contributed by atoms with Gasteiger partial charge in [0.15, 0.2) is 11.6 Å². The van der Waals surface area contributed by atoms with E-state index in [0.29, 0.717) is 0 Å². The predicted molar refractivity (Wildman–Crippen MR) is 123 cm³/mol. The van der Waals surface area contributed by atoms with Crippen molar-refractivity contribution in [2.75, 3.05) is 13.1 Å². The molecule has 2 aromatic heterocycles. The Balaban J connectivity index is 1.34. The summed E-state index contributed by atoms with van der Waals surface area (Å²) in [5.74, 6) is -0.678. The lowest BCUT2D eigenvalue weighted by atomic mass is 10.1. The summed E-state index contributed by atoms with van der Waals surface area (Å²) in [7, 11) is 0. The second-order valence-corrected chi connectivity index (χ2v) is 8.88. The molecule has 0 bridgehead atoms. The van der Waals surface area contributed by atoms with E-state index in [9.17, 15) is 14.5 Å². The molecule has 0 saturated carbocycles. The quantitative estimate of drug-likeness (QED) is 0.252. The van der Waals surface area contributed by atoms with Crippen LogP contribution in [0.1, 0.15) is 18.4 Å². The van der Waals surface area contributed by atoms with Crippen molar-refractivity contribution in [3.63, 3.8) is 0 Å². The monoisotopic (exact) mass is 449 g/mol. The van der Waals surface area contributed by atoms with Crippen molar-refractivity contribution in [3.8, 4) is 22.1 Å². The average Bonchev–Trinajstić information content (AvgIpc) is 3.45. The maximum absolute atomic E-state index is 14.1. The van der Waals surface area contributed by atoms with Gasteiger partial charge in [-0.05, 0) is 55.3 Å². The van der Waals surface area contributed by atoms with Gasteiger partial charge >= 0.3 is 0 Å². The third kappa shape index (κ3) is 4.32. The SMILES string of the molecule is O=[N+]([O-])c1ccc(Oc2ccc3sc(-c4ccc(CN5CCCC5)cc4)cc3n2)c(F)c1. The highest BCUT2D eigenvalue weighted by atomic mass is 32.1. The van der Waals surface area contributed by atoms with Crippen LogP contribution in [0.15, 0.2) is 60.7 Å². The number of hydrogen-bond donors (Lipinski definition) is 0. The smallest absolute Gasteiger partial charge is 0.272 e. The Hall–Kier alpha value is -3.36. The zero-order chi connectivity index (χ0) is 22.1. The van der Waals surface area contributed by atoms with Gasteiger partial charge in [-0.1, -0.05) is 24.3 Å². The molecule has 0 N–H and O–H groups in total. The Morgan fingerprint density at radius 2 is 1.84 bits per heavy atom. The fourth-order valence-electron chi connectivity index (χ4n) is 3.88. The second-order valence-electron chi connectivity index (χ2n) is 7.80. The van der Waals surface area contributed by atoms with Crippen LogP contribution in [-0.2, 0) is 6.54 Å². The number of rotatable bonds is 6. The number of nitro benzene ring substituents is 1. The van der Waals surface area contributed by atoms with Crippen molar-refractivity contribution < 1.29 is 14.1 Å². The molecule has 2 aromatic carbocycles. The number of nitro groups is 1. The molecule has 0 unspecified atom stereocenters. The minimum Gasteiger partial charge on any atom is -0.436 e. The van der Waals surface area contributed by atoms with E-state index in [1.54, 1.807) is 17.4 Å². The van der Waals surface area contributed by atoms with E-state index in [0.717, 1.165) is 33.3 Å². The number of thiophene rings is 1. The fraction of sp³-hybridized carbons (Fsp3) is 0.208. The van der Waals surface area contributed by atoms with Gasteiger partial charge < -0.3 is 4.74 Å². The maximum atomic E-state index is 14.1. The molecule has 1 aliphatic heterocycles. The standard InChI is InChI=1S/C24H20FN3O3S/c25-19-13-18(28(29)30)7-8-21(19)31-24-10-9-22-20(26-24)14-23(32-22)17-5-3-16(4-6-17)15-27-11-1-2-12-27/h3-10,13-14H,1-2,11-12,15H2. The molecular weight excluding hydrogens is 429 g/mol. The van der Waals surface area contributed by atoms with Gasteiger partial charge in [-0.15, -0.1) is 11.3 Å². The number of benzene rings is 2. The molecule has 1 fully saturated rings. The molecule has 4 aromatic rings. The first-order valence-electron chi connectivity index (χ1n) is 10.4. The van der Waals surface area contributed by atoms with E-state index in [1.807, 2.05) is 12.1 Å². The number of likely N-dealkylation sites (tertiary alicyclic amines) is 1. The van der Waals surface area contributed by atoms with Crippen LogP contribution < -0.4 is 4.74 Å². The Kier molecular flexibility index (Phi) is 5.55. The summed E-state index contributed by atoms with van der Waals surface area (Å²) in [6, 6.07) is 17.5. The number of hydrogen-bond acceptors (Lipinski definition) is 6. The lowest BCUT2D eigenvalue weighted by Gasteiger charge is -2.14. The molecule has 1 aliphatic rings. The van der Waals surface area contributed by atoms with E-state index < -0.39 is 10.7 Å². The average molecular weight is 450 g/mol. The van der Waals surface area contributed by atoms with Crippen LogP contribution in [0.25, 0.3) is 20.7 Å². The number of halogens is 1. The van der Waals surface area contributed by atoms with Crippen LogP contribution in [0.4, 0.5) is 10.1 Å². The van der Waals surface area contributed by atoms with Crippen molar-refractivity contribution in [1.82, 2.24) is 9.88 Å². The largest absolute Gasteiger partial charge is 0.436 e. The van der Waals surface area contributed by atoms with Gasteiger partial charge in [-0.3, -0.25) is 15.0 Å². The fourth-order valence-corrected chi connectivity index (χ4v) is 4.88. The first-order valence-corrected chi connectivity index (χ1v) is 11.2. The number of aromatic nitrogens is 1. The van der Waals surface area contributed by atoms with Gasteiger partial charge in [-0.2, -0.15) is 0 Å². The van der Waals surface area contributed by atoms with Gasteiger partial charge in [0.25, 0.3) is 5.69 Å². The summed E-state index contributed by atoms with van der Waals surface area (Å²) in [5, 5.41) is 10.8. The zero-order valence-electron chi connectivity index (χ0n) is 17.2. The topological polar surface area (TPSA) is 68.5 Å². The summed E-state index contributed by atoms with van der Waals surface area (Å²) in [5.41, 5.74) is 2.87. The normalized spacial score (nSPS) is 14.2. The summed E-state index contributed by atoms with van der Waals surface area (Å²) in [6.07, 6.45) is 2.57. The highest BCUT2D eigenvalue weighted by Crippen LogP contribution is 2.35. The molecule has 8 heteroatoms. The predicted octanol–water partition coefficient (Wildman–Crippen LogP) is 6.40. The third-order valence-electron chi connectivity index (χ3n) is 5.53. The summed E-state index contributed by atoms with van der Waals surface area (Å²) in [4.78, 5) is 18.2. The van der Waals surface area contributed by atoms with E-state index in [2.05, 4.69) is 34.1 Å². The number of pyridine rings is 1. The van der Waals surface area contributed by atoms with Gasteiger partial charge in [0.05, 0.1) is 21.2 Å². The van der Waals surface area contributed by atoms with Crippen molar-refractivity contribution in [2.24, 2.45) is 0 Å². The van der Waals surface area contributed by atoms with Crippen LogP contribution in [0.5, 0.6) is 11.6 Å². The lowest BCUT2D eigenvalue weighted by Crippen LogP contribution is -2.18. The molecule has 3 heterocycles. The van der Waals surface area contributed by atoms with Gasteiger partial charge in [0, 0.05) is 23.6 Å². The zero-order valence-corrected chi connectivity index (χ0v) is 18.0. The van der Waals surface area contributed by atoms with Crippen molar-refractivity contribution >= 4 is 27.2 Å². The van der Waals surface area contributed by atoms with Crippen molar-refractivity contribution in [3.05, 3.63) is 82.2 Å². The Morgan fingerprint density at radius 1 is 1.06 bits per heavy atom. The molecular formula is C24H20FN3O3S. The molecule has 6 nitrogen and oxygen atoms in total. The van der Waals surface area contributed by atoms with E-state index in [-0.39, 0.29) is 17.3 Å². The number of ether oxygens (including phenoxy) is 1. The van der Waals surface area contributed by atoms with Gasteiger partial charge in [-0.25, -0.2) is 9.37 Å². The van der Waals surface area contributed by atoms with Gasteiger partial charge in [0.1, 0.15) is 0 Å². The minimum atomic E-state index is -0.805. The Bertz CT molecular complexity index is 1280. The van der Waals surface area contributed by atoms with Crippen LogP contribution in [0, 0.1) is 15.9 Å². The molecule has 32 heavy (non-hydrogen) atoms. The van der Waals surface area contributed by atoms with Crippen LogP contribution >= 0.6 is 11.3 Å². The third-order valence-corrected chi connectivity index (χ3v) is 6.67. The summed E-state index contributed by atoms with van der Waals surface area (Å²) >= 11 is 1.63. The Morgan fingerprint density at radius 3 is 2.56 bits per heavy atom. The van der Waals surface area contributed by atoms with Crippen molar-refractivity contribution in [1.29, 1.82) is 0 Å². The van der Waals surface area contributed by atoms with Crippen LogP contribution in [0.3, 0.4) is 0 Å². The number of fused-ring (bicyclic) bond motifs is 1. The molecule has 162 valence electrons. The maximum Gasteiger partial charge on any atom is 0.272 e. The highest BCUT2D eigenvalue weighted by Gasteiger charge is 2.14. The highest BCUT2D eigenvalue weighted by molar-refractivity contribution is 7.22. The summed E-state index contributed by atoms with van der Waals surface area (Å²) < 4.78 is 20.7. The summed E-state index contributed by atoms with van der Waals surface area (Å²) in [6.45, 7) is 3.35. The Labute approximate surface area is 188 Å². The van der Waals surface area contributed by atoms with E-state index in [4.69, 9.17) is 4.74 Å². The van der Waals surface area contributed by atoms with E-state index >= 15 is 0 Å². The molecule has 0 radical (unpaired) electrons. The first kappa shape index (κ1) is 20.5. The lowest BCUT2D eigenvalue weighted by molar-refractivity contribution is -0.385. The van der Waals surface area contributed by atoms with Crippen LogP contribution in [0.2, 0.25) is 0 Å². The molecule has 0 amide bonds. The molecule has 0 spiro atoms. The van der Waals surface area contributed by atoms with E-state index in [1.165, 1.54) is 43.6 Å². The van der Waals surface area contributed by atoms with Gasteiger partial charge in [0.2, 0.25) is 5.88 Å².